The van der Waals surface area contributed by atoms with Gasteiger partial charge in [-0.3, -0.25) is 9.36 Å². The summed E-state index contributed by atoms with van der Waals surface area (Å²) in [6.45, 7) is 7.55. The van der Waals surface area contributed by atoms with Gasteiger partial charge in [-0.1, -0.05) is 26.3 Å². The van der Waals surface area contributed by atoms with E-state index in [0.717, 1.165) is 29.6 Å². The largest absolute Gasteiger partial charge is 0.391 e. The number of nitrogens with zero attached hydrogens (tertiary/aromatic N) is 2. The van der Waals surface area contributed by atoms with E-state index in [0.29, 0.717) is 30.3 Å². The van der Waals surface area contributed by atoms with Gasteiger partial charge in [0.05, 0.1) is 29.9 Å². The first-order valence-electron chi connectivity index (χ1n) is 9.37. The normalized spacial score (nSPS) is 19.5. The Morgan fingerprint density at radius 2 is 2.16 bits per heavy atom. The second-order valence-electron chi connectivity index (χ2n) is 7.63. The summed E-state index contributed by atoms with van der Waals surface area (Å²) in [6, 6.07) is 4.41. The van der Waals surface area contributed by atoms with Gasteiger partial charge in [-0.2, -0.15) is 0 Å². The van der Waals surface area contributed by atoms with Crippen LogP contribution in [0.5, 0.6) is 0 Å². The summed E-state index contributed by atoms with van der Waals surface area (Å²) in [7, 11) is 0. The number of rotatable bonds is 5. The summed E-state index contributed by atoms with van der Waals surface area (Å²) < 4.78 is 1.55. The van der Waals surface area contributed by atoms with E-state index in [9.17, 15) is 9.90 Å². The lowest BCUT2D eigenvalue weighted by Gasteiger charge is -2.25. The summed E-state index contributed by atoms with van der Waals surface area (Å²) in [6.07, 6.45) is 5.22. The maximum Gasteiger partial charge on any atom is 0.261 e. The molecule has 1 aromatic carbocycles. The minimum absolute atomic E-state index is 0.0637. The molecule has 0 bridgehead atoms. The van der Waals surface area contributed by atoms with E-state index in [1.807, 2.05) is 13.0 Å². The molecule has 25 heavy (non-hydrogen) atoms. The Kier molecular flexibility index (Phi) is 5.54. The molecule has 0 amide bonds. The van der Waals surface area contributed by atoms with E-state index in [1.54, 1.807) is 10.9 Å². The van der Waals surface area contributed by atoms with Gasteiger partial charge in [0, 0.05) is 6.04 Å². The zero-order valence-electron chi connectivity index (χ0n) is 15.5. The maximum atomic E-state index is 12.9. The first kappa shape index (κ1) is 18.1. The number of hydrogen-bond donors (Lipinski definition) is 2. The quantitative estimate of drug-likeness (QED) is 0.876. The number of hydrogen-bond acceptors (Lipinski definition) is 4. The van der Waals surface area contributed by atoms with E-state index in [-0.39, 0.29) is 5.56 Å². The number of fused-ring (bicyclic) bond motifs is 1. The van der Waals surface area contributed by atoms with Crippen LogP contribution >= 0.6 is 0 Å². The zero-order valence-corrected chi connectivity index (χ0v) is 15.5. The molecular weight excluding hydrogens is 314 g/mol. The van der Waals surface area contributed by atoms with Crippen LogP contribution in [-0.2, 0) is 6.54 Å². The van der Waals surface area contributed by atoms with Crippen LogP contribution < -0.4 is 10.9 Å². The second kappa shape index (κ2) is 7.67. The van der Waals surface area contributed by atoms with Crippen molar-refractivity contribution < 1.29 is 5.11 Å². The van der Waals surface area contributed by atoms with Gasteiger partial charge in [-0.05, 0) is 55.8 Å². The van der Waals surface area contributed by atoms with Crippen molar-refractivity contribution in [2.24, 2.45) is 0 Å². The summed E-state index contributed by atoms with van der Waals surface area (Å²) in [5.41, 5.74) is 2.87. The Labute approximate surface area is 149 Å². The number of aryl methyl sites for hydroxylation is 1. The third kappa shape index (κ3) is 4.10. The van der Waals surface area contributed by atoms with Crippen LogP contribution in [0, 0.1) is 6.92 Å². The molecule has 3 rings (SSSR count). The summed E-state index contributed by atoms with van der Waals surface area (Å²) in [5, 5.41) is 14.5. The highest BCUT2D eigenvalue weighted by Crippen LogP contribution is 2.21. The standard InChI is InChI=1S/C20H29N3O2/c1-13(2)15-8-14(3)19-18(9-15)20(25)23(12-22-19)11-17(24)10-16-6-4-5-7-21-16/h8-9,12-13,16-17,21,24H,4-7,10-11H2,1-3H3/t16-,17-/m0/s1. The van der Waals surface area contributed by atoms with E-state index < -0.39 is 6.10 Å². The van der Waals surface area contributed by atoms with Crippen molar-refractivity contribution in [1.82, 2.24) is 14.9 Å². The van der Waals surface area contributed by atoms with Crippen LogP contribution in [0.2, 0.25) is 0 Å². The summed E-state index contributed by atoms with van der Waals surface area (Å²) >= 11 is 0. The first-order chi connectivity index (χ1) is 12.0. The highest BCUT2D eigenvalue weighted by Gasteiger charge is 2.18. The molecule has 0 radical (unpaired) electrons. The average Bonchev–Trinajstić information content (AvgIpc) is 2.58. The van der Waals surface area contributed by atoms with E-state index in [1.165, 1.54) is 12.8 Å². The third-order valence-electron chi connectivity index (χ3n) is 5.18. The van der Waals surface area contributed by atoms with Crippen LogP contribution in [-0.4, -0.2) is 33.3 Å². The SMILES string of the molecule is Cc1cc(C(C)C)cc2c(=O)n(C[C@@H](O)C[C@@H]3CCCCN3)cnc12. The molecule has 1 aromatic heterocycles. The molecule has 0 aliphatic carbocycles. The minimum Gasteiger partial charge on any atom is -0.391 e. The lowest BCUT2D eigenvalue weighted by Crippen LogP contribution is -2.38. The molecule has 1 aliphatic rings. The molecule has 136 valence electrons. The Balaban J connectivity index is 1.84. The molecule has 0 spiro atoms. The summed E-state index contributed by atoms with van der Waals surface area (Å²) in [5.74, 6) is 0.360. The Bertz CT molecular complexity index is 791. The molecule has 2 atom stereocenters. The highest BCUT2D eigenvalue weighted by molar-refractivity contribution is 5.81. The van der Waals surface area contributed by atoms with Gasteiger partial charge in [-0.15, -0.1) is 0 Å². The van der Waals surface area contributed by atoms with E-state index in [4.69, 9.17) is 0 Å². The fourth-order valence-corrected chi connectivity index (χ4v) is 3.70. The van der Waals surface area contributed by atoms with Crippen molar-refractivity contribution in [2.75, 3.05) is 6.54 Å². The van der Waals surface area contributed by atoms with Crippen molar-refractivity contribution in [3.63, 3.8) is 0 Å². The highest BCUT2D eigenvalue weighted by atomic mass is 16.3. The van der Waals surface area contributed by atoms with Gasteiger partial charge in [-0.25, -0.2) is 4.98 Å². The molecule has 0 unspecified atom stereocenters. The van der Waals surface area contributed by atoms with Gasteiger partial charge in [0.2, 0.25) is 0 Å². The van der Waals surface area contributed by atoms with Crippen LogP contribution in [0.15, 0.2) is 23.3 Å². The van der Waals surface area contributed by atoms with Crippen LogP contribution in [0.4, 0.5) is 0 Å². The van der Waals surface area contributed by atoms with Crippen molar-refractivity contribution >= 4 is 10.9 Å². The topological polar surface area (TPSA) is 67.2 Å². The van der Waals surface area contributed by atoms with Gasteiger partial charge >= 0.3 is 0 Å². The van der Waals surface area contributed by atoms with Crippen molar-refractivity contribution in [3.8, 4) is 0 Å². The number of aliphatic hydroxyl groups excluding tert-OH is 1. The number of aromatic nitrogens is 2. The lowest BCUT2D eigenvalue weighted by atomic mass is 9.98. The molecule has 2 N–H and O–H groups in total. The monoisotopic (exact) mass is 343 g/mol. The van der Waals surface area contributed by atoms with Crippen molar-refractivity contribution in [3.05, 3.63) is 39.9 Å². The van der Waals surface area contributed by atoms with Gasteiger partial charge in [0.1, 0.15) is 0 Å². The minimum atomic E-state index is -0.540. The van der Waals surface area contributed by atoms with Crippen molar-refractivity contribution in [1.29, 1.82) is 0 Å². The molecule has 5 heteroatoms. The zero-order chi connectivity index (χ0) is 18.0. The van der Waals surface area contributed by atoms with Gasteiger partial charge in [0.25, 0.3) is 5.56 Å². The van der Waals surface area contributed by atoms with Crippen LogP contribution in [0.3, 0.4) is 0 Å². The number of benzene rings is 1. The smallest absolute Gasteiger partial charge is 0.261 e. The van der Waals surface area contributed by atoms with Crippen molar-refractivity contribution in [2.45, 2.75) is 71.1 Å². The Morgan fingerprint density at radius 3 is 2.84 bits per heavy atom. The first-order valence-corrected chi connectivity index (χ1v) is 9.37. The van der Waals surface area contributed by atoms with Crippen LogP contribution in [0.25, 0.3) is 10.9 Å². The number of nitrogens with one attached hydrogen (secondary N) is 1. The van der Waals surface area contributed by atoms with E-state index >= 15 is 0 Å². The van der Waals surface area contributed by atoms with E-state index in [2.05, 4.69) is 30.2 Å². The molecule has 0 saturated carbocycles. The molecule has 5 nitrogen and oxygen atoms in total. The Hall–Kier alpha value is -1.72. The third-order valence-corrected chi connectivity index (χ3v) is 5.18. The predicted octanol–water partition coefficient (Wildman–Crippen LogP) is 2.72. The van der Waals surface area contributed by atoms with Gasteiger partial charge < -0.3 is 10.4 Å². The molecule has 1 aliphatic heterocycles. The summed E-state index contributed by atoms with van der Waals surface area (Å²) in [4.78, 5) is 17.4. The molecule has 1 fully saturated rings. The fraction of sp³-hybridized carbons (Fsp3) is 0.600. The second-order valence-corrected chi connectivity index (χ2v) is 7.63. The Morgan fingerprint density at radius 1 is 1.36 bits per heavy atom. The fourth-order valence-electron chi connectivity index (χ4n) is 3.70. The number of piperidine rings is 1. The van der Waals surface area contributed by atoms with Gasteiger partial charge in [0.15, 0.2) is 0 Å². The molecular formula is C20H29N3O2. The predicted molar refractivity (Wildman–Crippen MR) is 101 cm³/mol. The maximum absolute atomic E-state index is 12.9. The molecule has 1 saturated heterocycles. The lowest BCUT2D eigenvalue weighted by molar-refractivity contribution is 0.123. The number of aliphatic hydroxyl groups is 1. The molecule has 2 heterocycles. The van der Waals surface area contributed by atoms with Crippen LogP contribution in [0.1, 0.15) is 56.6 Å². The average molecular weight is 343 g/mol. The molecule has 2 aromatic rings.